The van der Waals surface area contributed by atoms with Crippen molar-refractivity contribution in [3.05, 3.63) is 18.3 Å². The molecule has 1 saturated heterocycles. The molecule has 2 heterocycles. The van der Waals surface area contributed by atoms with E-state index in [0.29, 0.717) is 18.8 Å². The van der Waals surface area contributed by atoms with Crippen LogP contribution < -0.4 is 21.3 Å². The highest BCUT2D eigenvalue weighted by molar-refractivity contribution is 5.92. The molecular weight excluding hydrogens is 282 g/mol. The Morgan fingerprint density at radius 2 is 2.27 bits per heavy atom. The molecule has 2 amide bonds. The predicted octanol–water partition coefficient (Wildman–Crippen LogP) is 0.0837. The number of aromatic nitrogens is 1. The van der Waals surface area contributed by atoms with E-state index in [1.807, 2.05) is 17.0 Å². The lowest BCUT2D eigenvalue weighted by molar-refractivity contribution is -0.120. The zero-order valence-electron chi connectivity index (χ0n) is 12.4. The van der Waals surface area contributed by atoms with Gasteiger partial charge in [-0.3, -0.25) is 9.59 Å². The number of nitrogens with one attached hydrogen (secondary N) is 2. The summed E-state index contributed by atoms with van der Waals surface area (Å²) in [5, 5.41) is 5.67. The largest absolute Gasteiger partial charge is 0.353 e. The molecule has 1 aliphatic heterocycles. The van der Waals surface area contributed by atoms with Gasteiger partial charge in [-0.15, -0.1) is 0 Å². The third kappa shape index (κ3) is 3.36. The number of pyridine rings is 1. The maximum atomic E-state index is 12.1. The van der Waals surface area contributed by atoms with Gasteiger partial charge in [-0.05, 0) is 31.4 Å². The molecule has 1 saturated carbocycles. The minimum Gasteiger partial charge on any atom is -0.353 e. The highest BCUT2D eigenvalue weighted by atomic mass is 16.2. The van der Waals surface area contributed by atoms with Gasteiger partial charge in [0.25, 0.3) is 0 Å². The third-order valence-corrected chi connectivity index (χ3v) is 4.22. The number of nitrogens with two attached hydrogens (primary N) is 1. The topological polar surface area (TPSA) is 100 Å². The fraction of sp³-hybridized carbons (Fsp3) is 0.533. The Hall–Kier alpha value is -2.15. The lowest BCUT2D eigenvalue weighted by atomic mass is 10.1. The first-order chi connectivity index (χ1) is 10.6. The van der Waals surface area contributed by atoms with Gasteiger partial charge >= 0.3 is 0 Å². The van der Waals surface area contributed by atoms with E-state index in [0.717, 1.165) is 31.6 Å². The van der Waals surface area contributed by atoms with Gasteiger partial charge in [-0.1, -0.05) is 0 Å². The molecule has 1 aromatic heterocycles. The summed E-state index contributed by atoms with van der Waals surface area (Å²) >= 11 is 0. The number of amides is 2. The molecule has 22 heavy (non-hydrogen) atoms. The second-order valence-electron chi connectivity index (χ2n) is 5.94. The van der Waals surface area contributed by atoms with E-state index in [2.05, 4.69) is 15.6 Å². The Morgan fingerprint density at radius 3 is 2.91 bits per heavy atom. The average molecular weight is 303 g/mol. The molecule has 118 valence electrons. The van der Waals surface area contributed by atoms with Crippen LogP contribution in [-0.4, -0.2) is 42.5 Å². The van der Waals surface area contributed by atoms with Gasteiger partial charge in [-0.25, -0.2) is 4.98 Å². The van der Waals surface area contributed by atoms with Gasteiger partial charge in [0, 0.05) is 25.0 Å². The summed E-state index contributed by atoms with van der Waals surface area (Å²) < 4.78 is 0. The number of anilines is 2. The van der Waals surface area contributed by atoms with Crippen LogP contribution in [0.5, 0.6) is 0 Å². The molecule has 0 spiro atoms. The number of hydrogen-bond acceptors (Lipinski definition) is 5. The summed E-state index contributed by atoms with van der Waals surface area (Å²) in [6.07, 6.45) is 4.14. The SMILES string of the molecule is NC1CCC(C(=O)Nc2ccc(N3CCNC(=O)C3)nc2)C1. The predicted molar refractivity (Wildman–Crippen MR) is 83.4 cm³/mol. The van der Waals surface area contributed by atoms with E-state index >= 15 is 0 Å². The Bertz CT molecular complexity index is 560. The molecule has 2 fully saturated rings. The molecule has 0 bridgehead atoms. The summed E-state index contributed by atoms with van der Waals surface area (Å²) in [6.45, 7) is 1.68. The monoisotopic (exact) mass is 303 g/mol. The molecule has 4 N–H and O–H groups in total. The summed E-state index contributed by atoms with van der Waals surface area (Å²) in [5.41, 5.74) is 6.52. The molecule has 2 unspecified atom stereocenters. The standard InChI is InChI=1S/C15H21N5O2/c16-11-2-1-10(7-11)15(22)19-12-3-4-13(18-8-12)20-6-5-17-14(21)9-20/h3-4,8,10-11H,1-2,5-7,9,16H2,(H,17,21)(H,19,22). The molecule has 7 heteroatoms. The first kappa shape index (κ1) is 14.8. The van der Waals surface area contributed by atoms with E-state index in [1.165, 1.54) is 0 Å². The quantitative estimate of drug-likeness (QED) is 0.734. The molecule has 0 aromatic carbocycles. The Balaban J connectivity index is 1.59. The van der Waals surface area contributed by atoms with Crippen molar-refractivity contribution in [2.45, 2.75) is 25.3 Å². The highest BCUT2D eigenvalue weighted by Crippen LogP contribution is 2.25. The summed E-state index contributed by atoms with van der Waals surface area (Å²) in [4.78, 5) is 29.8. The van der Waals surface area contributed by atoms with Crippen molar-refractivity contribution in [3.8, 4) is 0 Å². The number of carbonyl (C=O) groups excluding carboxylic acids is 2. The van der Waals surface area contributed by atoms with Gasteiger partial charge in [0.1, 0.15) is 5.82 Å². The van der Waals surface area contributed by atoms with Crippen LogP contribution in [0.25, 0.3) is 0 Å². The molecule has 0 radical (unpaired) electrons. The zero-order valence-corrected chi connectivity index (χ0v) is 12.4. The van der Waals surface area contributed by atoms with Gasteiger partial charge < -0.3 is 21.3 Å². The minimum atomic E-state index is 0.000432. The van der Waals surface area contributed by atoms with Crippen LogP contribution in [0.2, 0.25) is 0 Å². The molecule has 1 aromatic rings. The van der Waals surface area contributed by atoms with E-state index < -0.39 is 0 Å². The van der Waals surface area contributed by atoms with Crippen LogP contribution in [-0.2, 0) is 9.59 Å². The van der Waals surface area contributed by atoms with Crippen LogP contribution in [0.1, 0.15) is 19.3 Å². The number of rotatable bonds is 3. The Kier molecular flexibility index (Phi) is 4.24. The number of carbonyl (C=O) groups is 2. The maximum Gasteiger partial charge on any atom is 0.239 e. The van der Waals surface area contributed by atoms with Crippen LogP contribution in [0.4, 0.5) is 11.5 Å². The van der Waals surface area contributed by atoms with Crippen molar-refractivity contribution in [3.63, 3.8) is 0 Å². The maximum absolute atomic E-state index is 12.1. The first-order valence-corrected chi connectivity index (χ1v) is 7.66. The van der Waals surface area contributed by atoms with Crippen molar-refractivity contribution >= 4 is 23.3 Å². The zero-order chi connectivity index (χ0) is 15.5. The van der Waals surface area contributed by atoms with Crippen molar-refractivity contribution in [1.29, 1.82) is 0 Å². The van der Waals surface area contributed by atoms with Gasteiger partial charge in [0.2, 0.25) is 11.8 Å². The van der Waals surface area contributed by atoms with Gasteiger partial charge in [0.15, 0.2) is 0 Å². The van der Waals surface area contributed by atoms with E-state index in [1.54, 1.807) is 6.20 Å². The smallest absolute Gasteiger partial charge is 0.239 e. The number of nitrogens with zero attached hydrogens (tertiary/aromatic N) is 2. The highest BCUT2D eigenvalue weighted by Gasteiger charge is 2.27. The second-order valence-corrected chi connectivity index (χ2v) is 5.94. The first-order valence-electron chi connectivity index (χ1n) is 7.66. The lowest BCUT2D eigenvalue weighted by Gasteiger charge is -2.27. The summed E-state index contributed by atoms with van der Waals surface area (Å²) in [6, 6.07) is 3.79. The van der Waals surface area contributed by atoms with Crippen molar-refractivity contribution in [2.75, 3.05) is 29.9 Å². The van der Waals surface area contributed by atoms with Crippen molar-refractivity contribution in [1.82, 2.24) is 10.3 Å². The second kappa shape index (κ2) is 6.31. The fourth-order valence-corrected chi connectivity index (χ4v) is 2.98. The van der Waals surface area contributed by atoms with Crippen LogP contribution in [0.15, 0.2) is 18.3 Å². The van der Waals surface area contributed by atoms with Crippen LogP contribution in [0, 0.1) is 5.92 Å². The molecule has 2 atom stereocenters. The minimum absolute atomic E-state index is 0.000432. The lowest BCUT2D eigenvalue weighted by Crippen LogP contribution is -2.48. The molecule has 3 rings (SSSR count). The number of piperazine rings is 1. The van der Waals surface area contributed by atoms with Crippen LogP contribution in [0.3, 0.4) is 0 Å². The summed E-state index contributed by atoms with van der Waals surface area (Å²) in [5.74, 6) is 0.763. The summed E-state index contributed by atoms with van der Waals surface area (Å²) in [7, 11) is 0. The van der Waals surface area contributed by atoms with Crippen molar-refractivity contribution < 1.29 is 9.59 Å². The van der Waals surface area contributed by atoms with Gasteiger partial charge in [-0.2, -0.15) is 0 Å². The molecular formula is C15H21N5O2. The average Bonchev–Trinajstić information content (AvgIpc) is 2.95. The van der Waals surface area contributed by atoms with E-state index in [9.17, 15) is 9.59 Å². The van der Waals surface area contributed by atoms with E-state index in [4.69, 9.17) is 5.73 Å². The Morgan fingerprint density at radius 1 is 1.41 bits per heavy atom. The molecule has 7 nitrogen and oxygen atoms in total. The molecule has 2 aliphatic rings. The van der Waals surface area contributed by atoms with Gasteiger partial charge in [0.05, 0.1) is 18.4 Å². The van der Waals surface area contributed by atoms with Crippen LogP contribution >= 0.6 is 0 Å². The van der Waals surface area contributed by atoms with E-state index in [-0.39, 0.29) is 23.8 Å². The third-order valence-electron chi connectivity index (χ3n) is 4.22. The molecule has 1 aliphatic carbocycles. The fourth-order valence-electron chi connectivity index (χ4n) is 2.98. The Labute approximate surface area is 129 Å². The normalized spacial score (nSPS) is 25.0. The van der Waals surface area contributed by atoms with Crippen molar-refractivity contribution in [2.24, 2.45) is 11.7 Å². The number of hydrogen-bond donors (Lipinski definition) is 3.